The van der Waals surface area contributed by atoms with Crippen molar-refractivity contribution < 1.29 is 31.6 Å². The summed E-state index contributed by atoms with van der Waals surface area (Å²) in [7, 11) is -4.03. The SMILES string of the molecule is CS(=O)(=O)Nn1c(=O)[nH]c2cc(C(F)(F)F)c(C3=CC=N[NH+]3OCc3ccccc3)cc2c1=O. The molecule has 1 aliphatic rings. The van der Waals surface area contributed by atoms with Gasteiger partial charge < -0.3 is 4.98 Å². The van der Waals surface area contributed by atoms with Crippen molar-refractivity contribution in [3.8, 4) is 0 Å². The minimum absolute atomic E-state index is 0.0293. The molecule has 0 amide bonds. The van der Waals surface area contributed by atoms with Gasteiger partial charge in [0.1, 0.15) is 6.61 Å². The molecule has 0 aliphatic carbocycles. The number of aromatic nitrogens is 2. The lowest BCUT2D eigenvalue weighted by molar-refractivity contribution is -1.04. The number of fused-ring (bicyclic) bond motifs is 1. The van der Waals surface area contributed by atoms with E-state index in [1.165, 1.54) is 12.3 Å². The monoisotopic (exact) mass is 496 g/mol. The highest BCUT2D eigenvalue weighted by molar-refractivity contribution is 7.91. The van der Waals surface area contributed by atoms with E-state index in [0.717, 1.165) is 11.6 Å². The van der Waals surface area contributed by atoms with Crippen molar-refractivity contribution in [1.82, 2.24) is 9.66 Å². The number of benzene rings is 2. The Kier molecular flexibility index (Phi) is 5.89. The van der Waals surface area contributed by atoms with Crippen molar-refractivity contribution in [3.05, 3.63) is 86.1 Å². The maximum absolute atomic E-state index is 13.9. The summed E-state index contributed by atoms with van der Waals surface area (Å²) in [5.74, 6) is 0. The summed E-state index contributed by atoms with van der Waals surface area (Å²) in [6.45, 7) is 0.0399. The van der Waals surface area contributed by atoms with E-state index in [1.807, 2.05) is 0 Å². The van der Waals surface area contributed by atoms with E-state index in [2.05, 4.69) is 10.1 Å². The van der Waals surface area contributed by atoms with Crippen LogP contribution in [0.25, 0.3) is 16.6 Å². The Labute approximate surface area is 189 Å². The number of H-pyrrole nitrogens is 1. The van der Waals surface area contributed by atoms with Gasteiger partial charge in [0.15, 0.2) is 0 Å². The lowest BCUT2D eigenvalue weighted by Gasteiger charge is -2.17. The minimum Gasteiger partial charge on any atom is -0.305 e. The van der Waals surface area contributed by atoms with Crippen molar-refractivity contribution in [3.63, 3.8) is 0 Å². The van der Waals surface area contributed by atoms with Crippen molar-refractivity contribution in [2.75, 3.05) is 11.1 Å². The van der Waals surface area contributed by atoms with Crippen LogP contribution in [0.1, 0.15) is 16.7 Å². The normalized spacial score (nSPS) is 16.1. The van der Waals surface area contributed by atoms with Gasteiger partial charge in [0, 0.05) is 6.08 Å². The summed E-state index contributed by atoms with van der Waals surface area (Å²) in [6.07, 6.45) is -1.58. The second-order valence-corrected chi connectivity index (χ2v) is 9.04. The van der Waals surface area contributed by atoms with Crippen LogP contribution in [0.15, 0.2) is 63.2 Å². The van der Waals surface area contributed by atoms with E-state index in [-0.39, 0.29) is 27.5 Å². The number of hydroxylamine groups is 1. The Morgan fingerprint density at radius 3 is 2.53 bits per heavy atom. The van der Waals surface area contributed by atoms with Crippen LogP contribution < -0.4 is 21.3 Å². The van der Waals surface area contributed by atoms with Crippen LogP contribution in [0.2, 0.25) is 0 Å². The first-order valence-corrected chi connectivity index (χ1v) is 11.5. The van der Waals surface area contributed by atoms with Gasteiger partial charge >= 0.3 is 11.9 Å². The molecule has 2 heterocycles. The van der Waals surface area contributed by atoms with Crippen molar-refractivity contribution in [2.45, 2.75) is 12.8 Å². The molecule has 3 N–H and O–H groups in total. The second-order valence-electron chi connectivity index (χ2n) is 7.31. The Morgan fingerprint density at radius 1 is 1.18 bits per heavy atom. The Balaban J connectivity index is 1.83. The molecule has 1 aliphatic heterocycles. The number of alkyl halides is 3. The van der Waals surface area contributed by atoms with Gasteiger partial charge in [0.2, 0.25) is 15.7 Å². The van der Waals surface area contributed by atoms with Crippen LogP contribution in [0.5, 0.6) is 0 Å². The summed E-state index contributed by atoms with van der Waals surface area (Å²) in [5, 5.41) is 3.55. The number of halogens is 3. The molecule has 2 aromatic carbocycles. The number of hydrogen-bond acceptors (Lipinski definition) is 6. The highest BCUT2D eigenvalue weighted by Crippen LogP contribution is 2.35. The van der Waals surface area contributed by atoms with Crippen LogP contribution in [-0.4, -0.2) is 30.5 Å². The number of aromatic amines is 1. The van der Waals surface area contributed by atoms with Crippen LogP contribution in [0, 0.1) is 0 Å². The van der Waals surface area contributed by atoms with Crippen LogP contribution in [0.3, 0.4) is 0 Å². The molecule has 4 rings (SSSR count). The largest absolute Gasteiger partial charge is 0.417 e. The maximum Gasteiger partial charge on any atom is 0.417 e. The van der Waals surface area contributed by atoms with Gasteiger partial charge in [-0.25, -0.2) is 18.0 Å². The predicted molar refractivity (Wildman–Crippen MR) is 117 cm³/mol. The molecule has 3 aromatic rings. The first kappa shape index (κ1) is 23.4. The average molecular weight is 496 g/mol. The molecule has 0 saturated carbocycles. The number of quaternary nitrogens is 1. The van der Waals surface area contributed by atoms with E-state index in [9.17, 15) is 31.2 Å². The molecule has 10 nitrogen and oxygen atoms in total. The third-order valence-electron chi connectivity index (χ3n) is 4.77. The molecule has 1 unspecified atom stereocenters. The smallest absolute Gasteiger partial charge is 0.305 e. The highest BCUT2D eigenvalue weighted by atomic mass is 32.2. The second kappa shape index (κ2) is 8.55. The summed E-state index contributed by atoms with van der Waals surface area (Å²) in [6, 6.07) is 10.4. The van der Waals surface area contributed by atoms with E-state index < -0.39 is 44.1 Å². The van der Waals surface area contributed by atoms with Gasteiger partial charge in [0.05, 0.1) is 34.5 Å². The summed E-state index contributed by atoms with van der Waals surface area (Å²) < 4.78 is 65.0. The number of allylic oxidation sites excluding steroid dienone is 1. The standard InChI is InChI=1S/C20H16F3N5O5S/c1-34(31,32)26-27-18(29)14-9-13(15(20(21,22)23)10-16(14)25-19(27)30)17-7-8-24-28(17)33-11-12-5-3-2-4-6-12/h2-10,26H,11H2,1H3,(H,25,30)/p+1. The molecule has 1 atom stereocenters. The zero-order valence-corrected chi connectivity index (χ0v) is 18.2. The molecule has 0 fully saturated rings. The molecule has 0 radical (unpaired) electrons. The van der Waals surface area contributed by atoms with Crippen molar-refractivity contribution in [1.29, 1.82) is 0 Å². The zero-order chi connectivity index (χ0) is 24.7. The first-order valence-electron chi connectivity index (χ1n) is 9.61. The number of rotatable bonds is 6. The van der Waals surface area contributed by atoms with Crippen LogP contribution in [-0.2, 0) is 27.6 Å². The van der Waals surface area contributed by atoms with Crippen LogP contribution >= 0.6 is 0 Å². The van der Waals surface area contributed by atoms with E-state index in [4.69, 9.17) is 4.84 Å². The van der Waals surface area contributed by atoms with Gasteiger partial charge in [-0.05, 0) is 22.9 Å². The van der Waals surface area contributed by atoms with Gasteiger partial charge in [0.25, 0.3) is 5.56 Å². The summed E-state index contributed by atoms with van der Waals surface area (Å²) in [4.78, 5) is 34.4. The minimum atomic E-state index is -4.85. The average Bonchev–Trinajstić information content (AvgIpc) is 3.22. The third kappa shape index (κ3) is 4.78. The fourth-order valence-corrected chi connectivity index (χ4v) is 3.83. The van der Waals surface area contributed by atoms with Crippen LogP contribution in [0.4, 0.5) is 13.2 Å². The summed E-state index contributed by atoms with van der Waals surface area (Å²) >= 11 is 0. The zero-order valence-electron chi connectivity index (χ0n) is 17.4. The fourth-order valence-electron chi connectivity index (χ4n) is 3.34. The van der Waals surface area contributed by atoms with Gasteiger partial charge in [-0.1, -0.05) is 35.4 Å². The number of nitrogens with one attached hydrogen (secondary N) is 3. The molecule has 34 heavy (non-hydrogen) atoms. The molecule has 0 bridgehead atoms. The third-order valence-corrected chi connectivity index (χ3v) is 5.28. The van der Waals surface area contributed by atoms with E-state index in [0.29, 0.717) is 12.3 Å². The van der Waals surface area contributed by atoms with Gasteiger partial charge in [-0.15, -0.1) is 0 Å². The number of sulfonamides is 1. The van der Waals surface area contributed by atoms with Crippen molar-refractivity contribution in [2.24, 2.45) is 5.10 Å². The highest BCUT2D eigenvalue weighted by Gasteiger charge is 2.38. The molecular weight excluding hydrogens is 479 g/mol. The molecule has 14 heteroatoms. The molecule has 1 aromatic heterocycles. The lowest BCUT2D eigenvalue weighted by atomic mass is 10.0. The maximum atomic E-state index is 13.9. The quantitative estimate of drug-likeness (QED) is 0.460. The first-order chi connectivity index (χ1) is 15.9. The number of hydrogen-bond donors (Lipinski definition) is 3. The fraction of sp³-hybridized carbons (Fsp3) is 0.150. The van der Waals surface area contributed by atoms with Crippen molar-refractivity contribution >= 4 is 32.8 Å². The molecule has 0 spiro atoms. The Bertz CT molecular complexity index is 1540. The topological polar surface area (TPSA) is 127 Å². The lowest BCUT2D eigenvalue weighted by Crippen LogP contribution is -3.02. The Morgan fingerprint density at radius 2 is 1.88 bits per heavy atom. The van der Waals surface area contributed by atoms with Gasteiger partial charge in [-0.2, -0.15) is 22.7 Å². The Hall–Kier alpha value is -3.75. The summed E-state index contributed by atoms with van der Waals surface area (Å²) in [5.41, 5.74) is -3.63. The molecular formula is C20H17F3N5O5S+. The predicted octanol–water partition coefficient (Wildman–Crippen LogP) is 0.569. The molecule has 0 saturated heterocycles. The number of nitrogens with zero attached hydrogens (tertiary/aromatic N) is 2. The van der Waals surface area contributed by atoms with E-state index >= 15 is 0 Å². The van der Waals surface area contributed by atoms with E-state index in [1.54, 1.807) is 35.2 Å². The molecule has 178 valence electrons. The van der Waals surface area contributed by atoms with Gasteiger partial charge in [-0.3, -0.25) is 4.79 Å².